The van der Waals surface area contributed by atoms with E-state index in [9.17, 15) is 24.3 Å². The molecule has 3 aromatic carbocycles. The summed E-state index contributed by atoms with van der Waals surface area (Å²) in [6, 6.07) is 19.8. The average Bonchev–Trinajstić information content (AvgIpc) is 4.12. The van der Waals surface area contributed by atoms with E-state index >= 15 is 0 Å². The summed E-state index contributed by atoms with van der Waals surface area (Å²) >= 11 is 3.12. The van der Waals surface area contributed by atoms with Gasteiger partial charge in [-0.2, -0.15) is 0 Å². The van der Waals surface area contributed by atoms with Crippen molar-refractivity contribution in [2.24, 2.45) is 0 Å². The molecular formula is C48H42N8O5S2. The minimum atomic E-state index is -1.01. The Hall–Kier alpha value is -7.20. The van der Waals surface area contributed by atoms with Crippen LogP contribution >= 0.6 is 22.7 Å². The van der Waals surface area contributed by atoms with E-state index in [0.29, 0.717) is 64.7 Å². The largest absolute Gasteiger partial charge is 0.478 e. The van der Waals surface area contributed by atoms with Gasteiger partial charge >= 0.3 is 5.97 Å². The monoisotopic (exact) mass is 874 g/mol. The molecule has 2 aliphatic rings. The molecule has 0 saturated carbocycles. The number of aromatic carboxylic acids is 1. The van der Waals surface area contributed by atoms with Crippen LogP contribution in [0.25, 0.3) is 56.4 Å². The first-order chi connectivity index (χ1) is 30.3. The predicted molar refractivity (Wildman–Crippen MR) is 250 cm³/mol. The van der Waals surface area contributed by atoms with E-state index in [-0.39, 0.29) is 23.3 Å². The van der Waals surface area contributed by atoms with Gasteiger partial charge in [0.2, 0.25) is 0 Å². The maximum atomic E-state index is 13.4. The second-order valence-electron chi connectivity index (χ2n) is 15.6. The van der Waals surface area contributed by atoms with Gasteiger partial charge in [-0.05, 0) is 87.7 Å². The number of carbonyl (C=O) groups is 4. The lowest BCUT2D eigenvalue weighted by Crippen LogP contribution is -2.32. The van der Waals surface area contributed by atoms with Crippen LogP contribution in [0.5, 0.6) is 0 Å². The van der Waals surface area contributed by atoms with Gasteiger partial charge in [0.25, 0.3) is 17.7 Å². The molecule has 6 heterocycles. The Morgan fingerprint density at radius 1 is 0.683 bits per heavy atom. The van der Waals surface area contributed by atoms with E-state index in [1.54, 1.807) is 31.3 Å². The minimum Gasteiger partial charge on any atom is -0.478 e. The summed E-state index contributed by atoms with van der Waals surface area (Å²) in [5.41, 5.74) is 14.1. The maximum absolute atomic E-state index is 13.4. The Morgan fingerprint density at radius 2 is 1.22 bits per heavy atom. The number of hydrogen-bond donors (Lipinski definition) is 7. The fourth-order valence-electron chi connectivity index (χ4n) is 8.15. The molecule has 7 N–H and O–H groups in total. The summed E-state index contributed by atoms with van der Waals surface area (Å²) in [6.45, 7) is 10.8. The highest BCUT2D eigenvalue weighted by molar-refractivity contribution is 7.13. The predicted octanol–water partition coefficient (Wildman–Crippen LogP) is 9.00. The van der Waals surface area contributed by atoms with Crippen LogP contribution in [0.4, 0.5) is 11.4 Å². The standard InChI is InChI=1S/C48H42N8O5S2/c1-23-38(18-34-32-16-30(40-21-62-27(5)53-40)10-12-36(32)54-44(34)57)51-25(3)42(23)46(59)50-15-14-49-20-28-6-8-29(9-7-28)47-56-41(22-63-47)31-11-13-37-33(17-31)35(45(58)55-37)19-39-24(2)43(48(60)61)26(4)52-39/h6-13,16-19,21-22,49,51-52H,14-15,20H2,1-5H3,(H,50,59)(H,54,57)(H,55,58)(H,60,61)/b34-18-,35-19-. The smallest absolute Gasteiger partial charge is 0.337 e. The van der Waals surface area contributed by atoms with Crippen LogP contribution in [0, 0.1) is 34.6 Å². The Morgan fingerprint density at radius 3 is 1.78 bits per heavy atom. The number of anilines is 2. The lowest BCUT2D eigenvalue weighted by atomic mass is 10.0. The lowest BCUT2D eigenvalue weighted by Gasteiger charge is -2.08. The number of aromatic nitrogens is 4. The number of nitrogens with one attached hydrogen (secondary N) is 6. The molecule has 2 aliphatic heterocycles. The number of hydrogen-bond acceptors (Lipinski definition) is 9. The molecule has 9 rings (SSSR count). The van der Waals surface area contributed by atoms with Gasteiger partial charge in [-0.1, -0.05) is 36.4 Å². The summed E-state index contributed by atoms with van der Waals surface area (Å²) in [6.07, 6.45) is 3.52. The number of benzene rings is 3. The number of amides is 3. The van der Waals surface area contributed by atoms with Crippen molar-refractivity contribution in [2.45, 2.75) is 41.2 Å². The van der Waals surface area contributed by atoms with Gasteiger partial charge in [0, 0.05) is 92.4 Å². The van der Waals surface area contributed by atoms with Gasteiger partial charge in [0.15, 0.2) is 0 Å². The number of fused-ring (bicyclic) bond motifs is 2. The fraction of sp³-hybridized carbons (Fsp3) is 0.167. The van der Waals surface area contributed by atoms with E-state index in [2.05, 4.69) is 48.4 Å². The fourth-order valence-corrected chi connectivity index (χ4v) is 9.61. The topological polar surface area (TPSA) is 194 Å². The lowest BCUT2D eigenvalue weighted by molar-refractivity contribution is -0.111. The van der Waals surface area contributed by atoms with Crippen LogP contribution in [-0.4, -0.2) is 61.8 Å². The number of rotatable bonds is 12. The van der Waals surface area contributed by atoms with E-state index in [1.807, 2.05) is 86.1 Å². The van der Waals surface area contributed by atoms with Crippen molar-refractivity contribution < 1.29 is 24.3 Å². The normalized spacial score (nSPS) is 14.3. The van der Waals surface area contributed by atoms with Gasteiger partial charge in [-0.25, -0.2) is 14.8 Å². The van der Waals surface area contributed by atoms with Crippen molar-refractivity contribution in [3.63, 3.8) is 0 Å². The van der Waals surface area contributed by atoms with Crippen LogP contribution in [0.15, 0.2) is 71.4 Å². The Kier molecular flexibility index (Phi) is 10.8. The van der Waals surface area contributed by atoms with Crippen molar-refractivity contribution >= 4 is 81.0 Å². The molecule has 0 atom stereocenters. The SMILES string of the molecule is Cc1nc(-c2ccc3c(c2)/C(=C/c2[nH]c(C)c(C(=O)NCCNCc4ccc(-c5nc(-c6ccc7c(c6)/C(=C/c6[nH]c(C)c(C(=O)O)c6C)C(=O)N7)cs5)cc4)c2C)C(=O)N3)cs1. The summed E-state index contributed by atoms with van der Waals surface area (Å²) < 4.78 is 0. The van der Waals surface area contributed by atoms with Gasteiger partial charge in [0.05, 0.1) is 38.7 Å². The number of aryl methyl sites for hydroxylation is 3. The van der Waals surface area contributed by atoms with E-state index in [1.165, 1.54) is 11.3 Å². The quantitative estimate of drug-likeness (QED) is 0.0467. The molecule has 0 unspecified atom stereocenters. The third kappa shape index (κ3) is 7.93. The first-order valence-corrected chi connectivity index (χ1v) is 22.0. The summed E-state index contributed by atoms with van der Waals surface area (Å²) in [5, 5.41) is 27.8. The Bertz CT molecular complexity index is 3090. The minimum absolute atomic E-state index is 0.183. The Balaban J connectivity index is 0.798. The second-order valence-corrected chi connectivity index (χ2v) is 17.5. The summed E-state index contributed by atoms with van der Waals surface area (Å²) in [4.78, 5) is 67.1. The zero-order valence-corrected chi connectivity index (χ0v) is 36.6. The molecule has 15 heteroatoms. The first kappa shape index (κ1) is 41.2. The van der Waals surface area contributed by atoms with E-state index < -0.39 is 5.97 Å². The molecule has 7 aromatic rings. The van der Waals surface area contributed by atoms with Crippen molar-refractivity contribution in [3.8, 4) is 33.1 Å². The van der Waals surface area contributed by atoms with Gasteiger partial charge < -0.3 is 36.3 Å². The number of carboxylic acid groups (broad SMARTS) is 1. The number of nitrogens with zero attached hydrogens (tertiary/aromatic N) is 2. The Labute approximate surface area is 370 Å². The number of H-pyrrole nitrogens is 2. The van der Waals surface area contributed by atoms with Crippen molar-refractivity contribution in [1.82, 2.24) is 30.6 Å². The van der Waals surface area contributed by atoms with Crippen LogP contribution in [0.2, 0.25) is 0 Å². The molecule has 0 spiro atoms. The molecule has 0 radical (unpaired) electrons. The van der Waals surface area contributed by atoms with Crippen LogP contribution < -0.4 is 21.3 Å². The molecule has 316 valence electrons. The molecule has 13 nitrogen and oxygen atoms in total. The highest BCUT2D eigenvalue weighted by atomic mass is 32.1. The zero-order valence-electron chi connectivity index (χ0n) is 35.0. The molecule has 0 bridgehead atoms. The summed E-state index contributed by atoms with van der Waals surface area (Å²) in [5.74, 6) is -1.64. The van der Waals surface area contributed by atoms with Crippen LogP contribution in [0.3, 0.4) is 0 Å². The number of aromatic amines is 2. The molecule has 63 heavy (non-hydrogen) atoms. The van der Waals surface area contributed by atoms with Crippen LogP contribution in [-0.2, 0) is 16.1 Å². The van der Waals surface area contributed by atoms with Gasteiger partial charge in [-0.3, -0.25) is 14.4 Å². The van der Waals surface area contributed by atoms with Crippen molar-refractivity contribution in [1.29, 1.82) is 0 Å². The third-order valence-corrected chi connectivity index (χ3v) is 13.1. The molecule has 0 fully saturated rings. The zero-order chi connectivity index (χ0) is 44.1. The number of thiazole rings is 2. The molecule has 3 amide bonds. The van der Waals surface area contributed by atoms with E-state index in [0.717, 1.165) is 71.7 Å². The third-order valence-electron chi connectivity index (χ3n) is 11.4. The summed E-state index contributed by atoms with van der Waals surface area (Å²) in [7, 11) is 0. The molecular weight excluding hydrogens is 833 g/mol. The van der Waals surface area contributed by atoms with Crippen LogP contribution in [0.1, 0.15) is 76.3 Å². The van der Waals surface area contributed by atoms with Gasteiger partial charge in [-0.15, -0.1) is 22.7 Å². The van der Waals surface area contributed by atoms with Gasteiger partial charge in [0.1, 0.15) is 5.01 Å². The second kappa shape index (κ2) is 16.6. The first-order valence-electron chi connectivity index (χ1n) is 20.3. The molecule has 0 saturated heterocycles. The number of carbonyl (C=O) groups excluding carboxylic acids is 3. The van der Waals surface area contributed by atoms with Crippen molar-refractivity contribution in [3.05, 3.63) is 138 Å². The average molecular weight is 875 g/mol. The molecule has 4 aromatic heterocycles. The van der Waals surface area contributed by atoms with Crippen molar-refractivity contribution in [2.75, 3.05) is 23.7 Å². The maximum Gasteiger partial charge on any atom is 0.337 e. The highest BCUT2D eigenvalue weighted by Gasteiger charge is 2.28. The molecule has 0 aliphatic carbocycles. The highest BCUT2D eigenvalue weighted by Crippen LogP contribution is 2.39. The van der Waals surface area contributed by atoms with E-state index in [4.69, 9.17) is 4.98 Å². The number of carboxylic acids is 1.